The predicted molar refractivity (Wildman–Crippen MR) is 125 cm³/mol. The van der Waals surface area contributed by atoms with Crippen molar-refractivity contribution in [2.45, 2.75) is 58.4 Å². The maximum atomic E-state index is 12.4. The van der Waals surface area contributed by atoms with Gasteiger partial charge in [0.2, 0.25) is 0 Å². The maximum Gasteiger partial charge on any atom is 0.315 e. The maximum absolute atomic E-state index is 12.4. The van der Waals surface area contributed by atoms with E-state index in [1.165, 1.54) is 5.69 Å². The zero-order chi connectivity index (χ0) is 22.3. The fraction of sp³-hybridized carbons (Fsp3) is 0.480. The number of carbonyl (C=O) groups excluding carboxylic acids is 1. The Kier molecular flexibility index (Phi) is 7.80. The summed E-state index contributed by atoms with van der Waals surface area (Å²) in [6, 6.07) is 16.4. The van der Waals surface area contributed by atoms with Crippen LogP contribution in [0.5, 0.6) is 5.75 Å². The Morgan fingerprint density at radius 2 is 1.74 bits per heavy atom. The lowest BCUT2D eigenvalue weighted by atomic mass is 10.0. The Morgan fingerprint density at radius 3 is 2.39 bits per heavy atom. The van der Waals surface area contributed by atoms with Gasteiger partial charge in [-0.15, -0.1) is 0 Å². The molecule has 1 heterocycles. The van der Waals surface area contributed by atoms with Crippen LogP contribution in [0.3, 0.4) is 0 Å². The topological polar surface area (TPSA) is 62.8 Å². The molecule has 31 heavy (non-hydrogen) atoms. The van der Waals surface area contributed by atoms with Gasteiger partial charge in [-0.25, -0.2) is 4.79 Å². The monoisotopic (exact) mass is 425 g/mol. The SMILES string of the molecule is COc1ccc(N2CCC(NC(=O)NCc3cccc(COC(C)(C)C)c3)CC2)cc1. The normalized spacial score (nSPS) is 14.9. The molecule has 1 aliphatic rings. The van der Waals surface area contributed by atoms with Crippen LogP contribution < -0.4 is 20.3 Å². The van der Waals surface area contributed by atoms with Gasteiger partial charge in [0.1, 0.15) is 5.75 Å². The number of urea groups is 1. The van der Waals surface area contributed by atoms with Crippen LogP contribution in [0.2, 0.25) is 0 Å². The lowest BCUT2D eigenvalue weighted by Gasteiger charge is -2.34. The molecule has 0 aromatic heterocycles. The molecule has 0 unspecified atom stereocenters. The van der Waals surface area contributed by atoms with Gasteiger partial charge in [0.15, 0.2) is 0 Å². The molecule has 2 aromatic carbocycles. The first kappa shape index (κ1) is 22.9. The van der Waals surface area contributed by atoms with Crippen LogP contribution in [0.1, 0.15) is 44.7 Å². The van der Waals surface area contributed by atoms with Crippen LogP contribution >= 0.6 is 0 Å². The molecular weight excluding hydrogens is 390 g/mol. The number of amides is 2. The standard InChI is InChI=1S/C25H35N3O3/c1-25(2,3)31-18-20-7-5-6-19(16-20)17-26-24(29)27-21-12-14-28(15-13-21)22-8-10-23(30-4)11-9-22/h5-11,16,21H,12-15,17-18H2,1-4H3,(H2,26,27,29). The third-order valence-corrected chi connectivity index (χ3v) is 5.38. The fourth-order valence-corrected chi connectivity index (χ4v) is 3.62. The zero-order valence-corrected chi connectivity index (χ0v) is 19.1. The van der Waals surface area contributed by atoms with Crippen molar-refractivity contribution in [2.24, 2.45) is 0 Å². The minimum Gasteiger partial charge on any atom is -0.497 e. The summed E-state index contributed by atoms with van der Waals surface area (Å²) in [6.45, 7) is 9.05. The summed E-state index contributed by atoms with van der Waals surface area (Å²) >= 11 is 0. The summed E-state index contributed by atoms with van der Waals surface area (Å²) in [5, 5.41) is 6.10. The van der Waals surface area contributed by atoms with Crippen molar-refractivity contribution >= 4 is 11.7 Å². The summed E-state index contributed by atoms with van der Waals surface area (Å²) in [6.07, 6.45) is 1.86. The van der Waals surface area contributed by atoms with Gasteiger partial charge in [-0.1, -0.05) is 24.3 Å². The number of anilines is 1. The number of nitrogens with one attached hydrogen (secondary N) is 2. The molecule has 0 radical (unpaired) electrons. The largest absolute Gasteiger partial charge is 0.497 e. The highest BCUT2D eigenvalue weighted by Gasteiger charge is 2.21. The molecule has 1 fully saturated rings. The molecular formula is C25H35N3O3. The van der Waals surface area contributed by atoms with Gasteiger partial charge in [0.05, 0.1) is 19.3 Å². The van der Waals surface area contributed by atoms with Crippen LogP contribution in [-0.4, -0.2) is 37.9 Å². The Labute approximate surface area is 185 Å². The molecule has 0 atom stereocenters. The average molecular weight is 426 g/mol. The predicted octanol–water partition coefficient (Wildman–Crippen LogP) is 4.48. The summed E-state index contributed by atoms with van der Waals surface area (Å²) in [4.78, 5) is 14.7. The molecule has 3 rings (SSSR count). The molecule has 6 nitrogen and oxygen atoms in total. The van der Waals surface area contributed by atoms with Crippen molar-refractivity contribution in [3.8, 4) is 5.75 Å². The Bertz CT molecular complexity index is 838. The molecule has 1 saturated heterocycles. The number of carbonyl (C=O) groups is 1. The van der Waals surface area contributed by atoms with E-state index >= 15 is 0 Å². The third kappa shape index (κ3) is 7.47. The summed E-state index contributed by atoms with van der Waals surface area (Å²) in [7, 11) is 1.68. The van der Waals surface area contributed by atoms with E-state index in [1.54, 1.807) is 7.11 Å². The second-order valence-corrected chi connectivity index (χ2v) is 9.01. The Balaban J connectivity index is 1.40. The number of rotatable bonds is 7. The molecule has 168 valence electrons. The summed E-state index contributed by atoms with van der Waals surface area (Å²) in [5.41, 5.74) is 3.20. The first-order valence-electron chi connectivity index (χ1n) is 11.0. The summed E-state index contributed by atoms with van der Waals surface area (Å²) < 4.78 is 11.1. The Hall–Kier alpha value is -2.73. The molecule has 0 saturated carbocycles. The quantitative estimate of drug-likeness (QED) is 0.687. The van der Waals surface area contributed by atoms with Crippen molar-refractivity contribution in [1.29, 1.82) is 0 Å². The minimum atomic E-state index is -0.170. The van der Waals surface area contributed by atoms with Crippen LogP contribution in [0.4, 0.5) is 10.5 Å². The van der Waals surface area contributed by atoms with Gasteiger partial charge in [0, 0.05) is 31.4 Å². The molecule has 0 spiro atoms. The van der Waals surface area contributed by atoms with Crippen LogP contribution in [0, 0.1) is 0 Å². The second kappa shape index (κ2) is 10.5. The highest BCUT2D eigenvalue weighted by Crippen LogP contribution is 2.22. The van der Waals surface area contributed by atoms with E-state index in [0.29, 0.717) is 13.2 Å². The van der Waals surface area contributed by atoms with Gasteiger partial charge in [-0.05, 0) is 69.0 Å². The molecule has 2 amide bonds. The number of ether oxygens (including phenoxy) is 2. The zero-order valence-electron chi connectivity index (χ0n) is 19.1. The first-order valence-corrected chi connectivity index (χ1v) is 11.0. The van der Waals surface area contributed by atoms with E-state index < -0.39 is 0 Å². The molecule has 2 N–H and O–H groups in total. The van der Waals surface area contributed by atoms with Gasteiger partial charge in [0.25, 0.3) is 0 Å². The Morgan fingerprint density at radius 1 is 1.06 bits per heavy atom. The second-order valence-electron chi connectivity index (χ2n) is 9.01. The van der Waals surface area contributed by atoms with Crippen molar-refractivity contribution in [1.82, 2.24) is 10.6 Å². The van der Waals surface area contributed by atoms with E-state index in [0.717, 1.165) is 42.8 Å². The molecule has 1 aliphatic heterocycles. The van der Waals surface area contributed by atoms with Gasteiger partial charge in [-0.3, -0.25) is 0 Å². The smallest absolute Gasteiger partial charge is 0.315 e. The highest BCUT2D eigenvalue weighted by molar-refractivity contribution is 5.74. The van der Waals surface area contributed by atoms with Crippen molar-refractivity contribution in [3.63, 3.8) is 0 Å². The van der Waals surface area contributed by atoms with E-state index in [4.69, 9.17) is 9.47 Å². The minimum absolute atomic E-state index is 0.112. The number of benzene rings is 2. The number of hydrogen-bond donors (Lipinski definition) is 2. The van der Waals surface area contributed by atoms with Crippen LogP contribution in [0.25, 0.3) is 0 Å². The molecule has 0 bridgehead atoms. The first-order chi connectivity index (χ1) is 14.8. The van der Waals surface area contributed by atoms with Crippen molar-refractivity contribution in [3.05, 3.63) is 59.7 Å². The van der Waals surface area contributed by atoms with Crippen LogP contribution in [-0.2, 0) is 17.9 Å². The number of hydrogen-bond acceptors (Lipinski definition) is 4. The average Bonchev–Trinajstić information content (AvgIpc) is 2.77. The van der Waals surface area contributed by atoms with Gasteiger partial charge < -0.3 is 25.0 Å². The number of nitrogens with zero attached hydrogens (tertiary/aromatic N) is 1. The lowest BCUT2D eigenvalue weighted by Crippen LogP contribution is -2.47. The molecule has 0 aliphatic carbocycles. The molecule has 2 aromatic rings. The van der Waals surface area contributed by atoms with E-state index in [9.17, 15) is 4.79 Å². The van der Waals surface area contributed by atoms with E-state index in [-0.39, 0.29) is 17.7 Å². The number of methoxy groups -OCH3 is 1. The summed E-state index contributed by atoms with van der Waals surface area (Å²) in [5.74, 6) is 0.865. The van der Waals surface area contributed by atoms with E-state index in [1.807, 2.05) is 51.1 Å². The van der Waals surface area contributed by atoms with E-state index in [2.05, 4.69) is 33.7 Å². The molecule has 6 heteroatoms. The fourth-order valence-electron chi connectivity index (χ4n) is 3.62. The van der Waals surface area contributed by atoms with Crippen molar-refractivity contribution < 1.29 is 14.3 Å². The van der Waals surface area contributed by atoms with Crippen LogP contribution in [0.15, 0.2) is 48.5 Å². The third-order valence-electron chi connectivity index (χ3n) is 5.38. The van der Waals surface area contributed by atoms with Gasteiger partial charge in [-0.2, -0.15) is 0 Å². The highest BCUT2D eigenvalue weighted by atomic mass is 16.5. The van der Waals surface area contributed by atoms with Gasteiger partial charge >= 0.3 is 6.03 Å². The lowest BCUT2D eigenvalue weighted by molar-refractivity contribution is -0.0149. The number of piperidine rings is 1. The van der Waals surface area contributed by atoms with Crippen molar-refractivity contribution in [2.75, 3.05) is 25.1 Å².